The fourth-order valence-corrected chi connectivity index (χ4v) is 2.87. The second kappa shape index (κ2) is 7.59. The van der Waals surface area contributed by atoms with Crippen molar-refractivity contribution in [2.45, 2.75) is 13.8 Å². The van der Waals surface area contributed by atoms with Gasteiger partial charge in [-0.3, -0.25) is 19.9 Å². The van der Waals surface area contributed by atoms with Crippen LogP contribution in [0.15, 0.2) is 42.6 Å². The molecule has 0 spiro atoms. The molecule has 0 atom stereocenters. The van der Waals surface area contributed by atoms with Crippen LogP contribution in [-0.2, 0) is 4.79 Å². The number of ether oxygens (including phenoxy) is 1. The molecule has 1 aromatic heterocycles. The van der Waals surface area contributed by atoms with E-state index in [1.165, 1.54) is 6.07 Å². The molecule has 0 radical (unpaired) electrons. The van der Waals surface area contributed by atoms with E-state index in [1.807, 2.05) is 6.92 Å². The van der Waals surface area contributed by atoms with Crippen molar-refractivity contribution in [2.75, 3.05) is 11.9 Å². The molecule has 0 aliphatic carbocycles. The highest BCUT2D eigenvalue weighted by molar-refractivity contribution is 6.35. The number of nitrogens with one attached hydrogen (secondary N) is 1. The van der Waals surface area contributed by atoms with Crippen molar-refractivity contribution in [3.05, 3.63) is 68.9 Å². The average Bonchev–Trinajstić information content (AvgIpc) is 2.65. The van der Waals surface area contributed by atoms with E-state index in [0.29, 0.717) is 27.2 Å². The summed E-state index contributed by atoms with van der Waals surface area (Å²) in [5.74, 6) is -0.105. The molecule has 0 aliphatic rings. The number of benzene rings is 2. The third kappa shape index (κ3) is 3.83. The Morgan fingerprint density at radius 2 is 2.04 bits per heavy atom. The zero-order valence-corrected chi connectivity index (χ0v) is 15.4. The number of anilines is 1. The van der Waals surface area contributed by atoms with E-state index in [2.05, 4.69) is 10.3 Å². The number of fused-ring (bicyclic) bond motifs is 1. The van der Waals surface area contributed by atoms with E-state index in [4.69, 9.17) is 16.3 Å². The van der Waals surface area contributed by atoms with Crippen LogP contribution in [0.3, 0.4) is 0 Å². The number of pyridine rings is 1. The van der Waals surface area contributed by atoms with Gasteiger partial charge in [-0.05, 0) is 49.2 Å². The molecular weight excluding hydrogens is 370 g/mol. The third-order valence-electron chi connectivity index (χ3n) is 4.21. The van der Waals surface area contributed by atoms with E-state index in [-0.39, 0.29) is 18.0 Å². The predicted molar refractivity (Wildman–Crippen MR) is 103 cm³/mol. The van der Waals surface area contributed by atoms with Crippen molar-refractivity contribution < 1.29 is 14.5 Å². The van der Waals surface area contributed by atoms with Gasteiger partial charge in [0.1, 0.15) is 17.0 Å². The molecule has 1 heterocycles. The summed E-state index contributed by atoms with van der Waals surface area (Å²) < 4.78 is 5.58. The fourth-order valence-electron chi connectivity index (χ4n) is 2.66. The van der Waals surface area contributed by atoms with Crippen molar-refractivity contribution >= 4 is 39.8 Å². The molecule has 0 aliphatic heterocycles. The quantitative estimate of drug-likeness (QED) is 0.517. The molecule has 0 fully saturated rings. The van der Waals surface area contributed by atoms with Crippen LogP contribution < -0.4 is 10.1 Å². The average molecular weight is 386 g/mol. The Morgan fingerprint density at radius 1 is 1.26 bits per heavy atom. The number of nitro groups is 1. The molecule has 8 heteroatoms. The van der Waals surface area contributed by atoms with Gasteiger partial charge in [-0.25, -0.2) is 0 Å². The maximum atomic E-state index is 12.3. The van der Waals surface area contributed by atoms with Gasteiger partial charge in [-0.2, -0.15) is 0 Å². The number of amides is 1. The number of halogens is 1. The zero-order valence-electron chi connectivity index (χ0n) is 14.7. The number of nitro benzene ring substituents is 1. The standard InChI is InChI=1S/C19H16ClN3O4/c1-11-5-7-15(23(25)26)18(12(11)2)22-17(24)10-27-16-8-6-14(20)13-4-3-9-21-19(13)16/h3-9H,10H2,1-2H3,(H,22,24). The minimum absolute atomic E-state index is 0.162. The molecule has 0 unspecified atom stereocenters. The van der Waals surface area contributed by atoms with Crippen molar-refractivity contribution in [1.29, 1.82) is 0 Å². The molecule has 27 heavy (non-hydrogen) atoms. The highest BCUT2D eigenvalue weighted by atomic mass is 35.5. The summed E-state index contributed by atoms with van der Waals surface area (Å²) in [5, 5.41) is 15.0. The first-order chi connectivity index (χ1) is 12.9. The summed E-state index contributed by atoms with van der Waals surface area (Å²) in [7, 11) is 0. The summed E-state index contributed by atoms with van der Waals surface area (Å²) in [5.41, 5.74) is 2.02. The van der Waals surface area contributed by atoms with Crippen LogP contribution in [0.2, 0.25) is 5.02 Å². The first-order valence-corrected chi connectivity index (χ1v) is 8.46. The fraction of sp³-hybridized carbons (Fsp3) is 0.158. The number of rotatable bonds is 5. The molecular formula is C19H16ClN3O4. The summed E-state index contributed by atoms with van der Waals surface area (Å²) in [6.45, 7) is 3.21. The predicted octanol–water partition coefficient (Wildman–Crippen LogP) is 4.43. The lowest BCUT2D eigenvalue weighted by atomic mass is 10.1. The van der Waals surface area contributed by atoms with Crippen LogP contribution in [0.1, 0.15) is 11.1 Å². The van der Waals surface area contributed by atoms with Gasteiger partial charge >= 0.3 is 0 Å². The number of aryl methyl sites for hydroxylation is 1. The number of hydrogen-bond donors (Lipinski definition) is 1. The second-order valence-electron chi connectivity index (χ2n) is 5.94. The molecule has 2 aromatic carbocycles. The van der Waals surface area contributed by atoms with E-state index in [9.17, 15) is 14.9 Å². The normalized spacial score (nSPS) is 10.6. The van der Waals surface area contributed by atoms with Crippen LogP contribution in [-0.4, -0.2) is 22.4 Å². The Bertz CT molecular complexity index is 1050. The Labute approximate surface area is 160 Å². The summed E-state index contributed by atoms with van der Waals surface area (Å²) in [6.07, 6.45) is 1.60. The van der Waals surface area contributed by atoms with Gasteiger partial charge in [0, 0.05) is 17.6 Å². The highest BCUT2D eigenvalue weighted by Crippen LogP contribution is 2.31. The molecule has 0 saturated carbocycles. The lowest BCUT2D eigenvalue weighted by molar-refractivity contribution is -0.384. The van der Waals surface area contributed by atoms with Gasteiger partial charge in [0.25, 0.3) is 11.6 Å². The molecule has 1 N–H and O–H groups in total. The Hall–Kier alpha value is -3.19. The number of nitrogens with zero attached hydrogens (tertiary/aromatic N) is 2. The maximum absolute atomic E-state index is 12.3. The number of hydrogen-bond acceptors (Lipinski definition) is 5. The molecule has 3 rings (SSSR count). The van der Waals surface area contributed by atoms with Crippen LogP contribution >= 0.6 is 11.6 Å². The van der Waals surface area contributed by atoms with Gasteiger partial charge in [0.05, 0.1) is 9.95 Å². The van der Waals surface area contributed by atoms with Gasteiger partial charge in [0.2, 0.25) is 0 Å². The van der Waals surface area contributed by atoms with Gasteiger partial charge in [0.15, 0.2) is 6.61 Å². The first kappa shape index (κ1) is 18.6. The van der Waals surface area contributed by atoms with E-state index >= 15 is 0 Å². The van der Waals surface area contributed by atoms with Crippen LogP contribution in [0.4, 0.5) is 11.4 Å². The van der Waals surface area contributed by atoms with Crippen LogP contribution in [0.25, 0.3) is 10.9 Å². The minimum Gasteiger partial charge on any atom is -0.481 e. The molecule has 138 valence electrons. The van der Waals surface area contributed by atoms with Gasteiger partial charge in [-0.15, -0.1) is 0 Å². The van der Waals surface area contributed by atoms with Crippen LogP contribution in [0, 0.1) is 24.0 Å². The van der Waals surface area contributed by atoms with Crippen molar-refractivity contribution in [1.82, 2.24) is 4.98 Å². The van der Waals surface area contributed by atoms with Crippen molar-refractivity contribution in [3.63, 3.8) is 0 Å². The minimum atomic E-state index is -0.528. The molecule has 0 bridgehead atoms. The largest absolute Gasteiger partial charge is 0.481 e. The summed E-state index contributed by atoms with van der Waals surface area (Å²) in [6, 6.07) is 9.86. The Balaban J connectivity index is 1.80. The maximum Gasteiger partial charge on any atom is 0.293 e. The highest BCUT2D eigenvalue weighted by Gasteiger charge is 2.20. The molecule has 0 saturated heterocycles. The van der Waals surface area contributed by atoms with E-state index in [1.54, 1.807) is 43.5 Å². The van der Waals surface area contributed by atoms with Crippen molar-refractivity contribution in [2.24, 2.45) is 0 Å². The Morgan fingerprint density at radius 3 is 2.78 bits per heavy atom. The first-order valence-electron chi connectivity index (χ1n) is 8.09. The molecule has 1 amide bonds. The lowest BCUT2D eigenvalue weighted by Gasteiger charge is -2.12. The van der Waals surface area contributed by atoms with Gasteiger partial charge in [-0.1, -0.05) is 17.7 Å². The number of aromatic nitrogens is 1. The van der Waals surface area contributed by atoms with Gasteiger partial charge < -0.3 is 10.1 Å². The number of carbonyl (C=O) groups excluding carboxylic acids is 1. The molecule has 7 nitrogen and oxygen atoms in total. The summed E-state index contributed by atoms with van der Waals surface area (Å²) in [4.78, 5) is 27.3. The van der Waals surface area contributed by atoms with E-state index in [0.717, 1.165) is 5.56 Å². The van der Waals surface area contributed by atoms with E-state index < -0.39 is 10.8 Å². The monoisotopic (exact) mass is 385 g/mol. The summed E-state index contributed by atoms with van der Waals surface area (Å²) >= 11 is 6.14. The smallest absolute Gasteiger partial charge is 0.293 e. The lowest BCUT2D eigenvalue weighted by Crippen LogP contribution is -2.21. The topological polar surface area (TPSA) is 94.4 Å². The molecule has 3 aromatic rings. The SMILES string of the molecule is Cc1ccc([N+](=O)[O-])c(NC(=O)COc2ccc(Cl)c3cccnc23)c1C. The number of carbonyl (C=O) groups is 1. The van der Waals surface area contributed by atoms with Crippen molar-refractivity contribution in [3.8, 4) is 5.75 Å². The third-order valence-corrected chi connectivity index (χ3v) is 4.54. The van der Waals surface area contributed by atoms with Crippen LogP contribution in [0.5, 0.6) is 5.75 Å². The zero-order chi connectivity index (χ0) is 19.6. The Kier molecular flexibility index (Phi) is 5.23. The second-order valence-corrected chi connectivity index (χ2v) is 6.35.